The van der Waals surface area contributed by atoms with Crippen LogP contribution in [0.2, 0.25) is 0 Å². The van der Waals surface area contributed by atoms with Crippen molar-refractivity contribution in [3.05, 3.63) is 0 Å². The van der Waals surface area contributed by atoms with Crippen molar-refractivity contribution >= 4 is 5.97 Å². The van der Waals surface area contributed by atoms with E-state index in [2.05, 4.69) is 25.8 Å². The lowest BCUT2D eigenvalue weighted by molar-refractivity contribution is -0.138. The monoisotopic (exact) mass is 227 g/mol. The van der Waals surface area contributed by atoms with E-state index in [0.29, 0.717) is 24.2 Å². The molecule has 0 spiro atoms. The average molecular weight is 227 g/mol. The highest BCUT2D eigenvalue weighted by molar-refractivity contribution is 5.67. The van der Waals surface area contributed by atoms with E-state index in [9.17, 15) is 4.79 Å². The SMILES string of the molecule is CC(C)CC(CC(=O)O)C1CCN(C)CC1. The first-order valence-electron chi connectivity index (χ1n) is 6.39. The van der Waals surface area contributed by atoms with Crippen LogP contribution in [-0.4, -0.2) is 36.1 Å². The Morgan fingerprint density at radius 3 is 2.38 bits per heavy atom. The molecule has 94 valence electrons. The fourth-order valence-corrected chi connectivity index (χ4v) is 2.77. The zero-order valence-electron chi connectivity index (χ0n) is 10.8. The molecule has 3 heteroatoms. The zero-order chi connectivity index (χ0) is 12.1. The van der Waals surface area contributed by atoms with Crippen molar-refractivity contribution in [1.82, 2.24) is 4.90 Å². The topological polar surface area (TPSA) is 40.5 Å². The Morgan fingerprint density at radius 1 is 1.38 bits per heavy atom. The molecule has 3 nitrogen and oxygen atoms in total. The van der Waals surface area contributed by atoms with Gasteiger partial charge in [0, 0.05) is 6.42 Å². The fraction of sp³-hybridized carbons (Fsp3) is 0.923. The van der Waals surface area contributed by atoms with E-state index < -0.39 is 5.97 Å². The van der Waals surface area contributed by atoms with Gasteiger partial charge in [0.2, 0.25) is 0 Å². The van der Waals surface area contributed by atoms with Crippen molar-refractivity contribution in [2.45, 2.75) is 39.5 Å². The molecule has 1 heterocycles. The predicted molar refractivity (Wildman–Crippen MR) is 65.4 cm³/mol. The van der Waals surface area contributed by atoms with Gasteiger partial charge in [-0.1, -0.05) is 13.8 Å². The number of hydrogen-bond donors (Lipinski definition) is 1. The first kappa shape index (κ1) is 13.5. The Kier molecular flexibility index (Phi) is 5.26. The van der Waals surface area contributed by atoms with Gasteiger partial charge in [0.15, 0.2) is 0 Å². The minimum atomic E-state index is -0.635. The zero-order valence-corrected chi connectivity index (χ0v) is 10.8. The number of carboxylic acid groups (broad SMARTS) is 1. The number of carboxylic acids is 1. The number of carbonyl (C=O) groups is 1. The summed E-state index contributed by atoms with van der Waals surface area (Å²) in [6, 6.07) is 0. The van der Waals surface area contributed by atoms with Crippen molar-refractivity contribution in [2.24, 2.45) is 17.8 Å². The quantitative estimate of drug-likeness (QED) is 0.784. The van der Waals surface area contributed by atoms with Crippen LogP contribution in [0.5, 0.6) is 0 Å². The van der Waals surface area contributed by atoms with Crippen LogP contribution >= 0.6 is 0 Å². The highest BCUT2D eigenvalue weighted by Gasteiger charge is 2.27. The third-order valence-electron chi connectivity index (χ3n) is 3.64. The largest absolute Gasteiger partial charge is 0.481 e. The van der Waals surface area contributed by atoms with Crippen LogP contribution in [0.3, 0.4) is 0 Å². The maximum Gasteiger partial charge on any atom is 0.303 e. The van der Waals surface area contributed by atoms with Crippen molar-refractivity contribution < 1.29 is 9.90 Å². The van der Waals surface area contributed by atoms with Gasteiger partial charge in [-0.25, -0.2) is 0 Å². The Bertz CT molecular complexity index is 220. The Labute approximate surface area is 98.8 Å². The number of piperidine rings is 1. The first-order chi connectivity index (χ1) is 7.49. The highest BCUT2D eigenvalue weighted by atomic mass is 16.4. The van der Waals surface area contributed by atoms with E-state index in [1.54, 1.807) is 0 Å². The maximum absolute atomic E-state index is 10.9. The molecule has 0 aromatic carbocycles. The summed E-state index contributed by atoms with van der Waals surface area (Å²) in [5.41, 5.74) is 0. The molecule has 0 radical (unpaired) electrons. The average Bonchev–Trinajstić information content (AvgIpc) is 2.16. The lowest BCUT2D eigenvalue weighted by atomic mass is 9.78. The second-order valence-electron chi connectivity index (χ2n) is 5.63. The summed E-state index contributed by atoms with van der Waals surface area (Å²) in [5, 5.41) is 8.97. The molecule has 1 rings (SSSR count). The van der Waals surface area contributed by atoms with Crippen molar-refractivity contribution in [2.75, 3.05) is 20.1 Å². The number of hydrogen-bond acceptors (Lipinski definition) is 2. The van der Waals surface area contributed by atoms with Crippen LogP contribution in [0.1, 0.15) is 39.5 Å². The van der Waals surface area contributed by atoms with Crippen LogP contribution in [0, 0.1) is 17.8 Å². The third kappa shape index (κ3) is 4.52. The molecule has 1 aliphatic rings. The van der Waals surface area contributed by atoms with Gasteiger partial charge in [0.05, 0.1) is 0 Å². The van der Waals surface area contributed by atoms with Gasteiger partial charge in [-0.15, -0.1) is 0 Å². The normalized spacial score (nSPS) is 21.2. The molecule has 0 saturated carbocycles. The standard InChI is InChI=1S/C13H25NO2/c1-10(2)8-12(9-13(15)16)11-4-6-14(3)7-5-11/h10-12H,4-9H2,1-3H3,(H,15,16). The summed E-state index contributed by atoms with van der Waals surface area (Å²) in [6.07, 6.45) is 3.75. The second-order valence-corrected chi connectivity index (χ2v) is 5.63. The van der Waals surface area contributed by atoms with E-state index in [0.717, 1.165) is 19.5 Å². The molecule has 0 aromatic heterocycles. The maximum atomic E-state index is 10.9. The van der Waals surface area contributed by atoms with E-state index in [1.807, 2.05) is 0 Å². The molecule has 1 fully saturated rings. The lowest BCUT2D eigenvalue weighted by Gasteiger charge is -2.34. The van der Waals surface area contributed by atoms with Crippen LogP contribution < -0.4 is 0 Å². The summed E-state index contributed by atoms with van der Waals surface area (Å²) in [6.45, 7) is 6.62. The van der Waals surface area contributed by atoms with Gasteiger partial charge in [-0.2, -0.15) is 0 Å². The Balaban J connectivity index is 2.50. The van der Waals surface area contributed by atoms with E-state index in [4.69, 9.17) is 5.11 Å². The summed E-state index contributed by atoms with van der Waals surface area (Å²) >= 11 is 0. The molecule has 1 N–H and O–H groups in total. The Morgan fingerprint density at radius 2 is 1.94 bits per heavy atom. The van der Waals surface area contributed by atoms with Gasteiger partial charge in [0.25, 0.3) is 0 Å². The number of aliphatic carboxylic acids is 1. The molecular weight excluding hydrogens is 202 g/mol. The highest BCUT2D eigenvalue weighted by Crippen LogP contribution is 2.31. The second kappa shape index (κ2) is 6.24. The molecule has 0 aliphatic carbocycles. The van der Waals surface area contributed by atoms with Crippen LogP contribution in [-0.2, 0) is 4.79 Å². The summed E-state index contributed by atoms with van der Waals surface area (Å²) in [7, 11) is 2.14. The van der Waals surface area contributed by atoms with E-state index >= 15 is 0 Å². The number of rotatable bonds is 5. The summed E-state index contributed by atoms with van der Waals surface area (Å²) in [4.78, 5) is 13.2. The van der Waals surface area contributed by atoms with E-state index in [1.165, 1.54) is 12.8 Å². The molecule has 0 aromatic rings. The van der Waals surface area contributed by atoms with Crippen LogP contribution in [0.15, 0.2) is 0 Å². The van der Waals surface area contributed by atoms with E-state index in [-0.39, 0.29) is 0 Å². The first-order valence-corrected chi connectivity index (χ1v) is 6.39. The van der Waals surface area contributed by atoms with Crippen LogP contribution in [0.25, 0.3) is 0 Å². The van der Waals surface area contributed by atoms with Crippen molar-refractivity contribution in [1.29, 1.82) is 0 Å². The smallest absolute Gasteiger partial charge is 0.303 e. The molecule has 1 saturated heterocycles. The molecule has 0 amide bonds. The Hall–Kier alpha value is -0.570. The molecule has 1 aliphatic heterocycles. The number of likely N-dealkylation sites (tertiary alicyclic amines) is 1. The van der Waals surface area contributed by atoms with Gasteiger partial charge >= 0.3 is 5.97 Å². The van der Waals surface area contributed by atoms with Gasteiger partial charge in [-0.05, 0) is 57.2 Å². The molecular formula is C13H25NO2. The van der Waals surface area contributed by atoms with Gasteiger partial charge < -0.3 is 10.0 Å². The third-order valence-corrected chi connectivity index (χ3v) is 3.64. The minimum Gasteiger partial charge on any atom is -0.481 e. The molecule has 16 heavy (non-hydrogen) atoms. The fourth-order valence-electron chi connectivity index (χ4n) is 2.77. The van der Waals surface area contributed by atoms with Crippen molar-refractivity contribution in [3.63, 3.8) is 0 Å². The summed E-state index contributed by atoms with van der Waals surface area (Å²) in [5.74, 6) is 0.967. The molecule has 1 atom stereocenters. The van der Waals surface area contributed by atoms with Crippen molar-refractivity contribution in [3.8, 4) is 0 Å². The molecule has 0 bridgehead atoms. The van der Waals surface area contributed by atoms with Gasteiger partial charge in [0.1, 0.15) is 0 Å². The number of nitrogens with zero attached hydrogens (tertiary/aromatic N) is 1. The van der Waals surface area contributed by atoms with Gasteiger partial charge in [-0.3, -0.25) is 4.79 Å². The molecule has 1 unspecified atom stereocenters. The minimum absolute atomic E-state index is 0.354. The summed E-state index contributed by atoms with van der Waals surface area (Å²) < 4.78 is 0. The van der Waals surface area contributed by atoms with Crippen LogP contribution in [0.4, 0.5) is 0 Å². The lowest BCUT2D eigenvalue weighted by Crippen LogP contribution is -2.34. The predicted octanol–water partition coefficient (Wildman–Crippen LogP) is 2.47.